The Kier molecular flexibility index (Phi) is 16.3. The van der Waals surface area contributed by atoms with Crippen molar-refractivity contribution in [2.24, 2.45) is 0 Å². The lowest BCUT2D eigenvalue weighted by Gasteiger charge is -1.92. The third-order valence-electron chi connectivity index (χ3n) is 1.60. The minimum Gasteiger partial charge on any atom is -0.126 e. The lowest BCUT2D eigenvalue weighted by atomic mass is 10.2. The topological polar surface area (TPSA) is 0 Å². The van der Waals surface area contributed by atoms with Gasteiger partial charge in [0.1, 0.15) is 0 Å². The van der Waals surface area contributed by atoms with Crippen LogP contribution in [0.5, 0.6) is 0 Å². The summed E-state index contributed by atoms with van der Waals surface area (Å²) in [6.45, 7) is 12.2. The molecule has 2 rings (SSSR count). The standard InChI is InChI=1S/C8H8S.C3H8.2C2H6/c1-2-4-8-7(3-1)5-6-9-8;1-3-2;2*1-2/h1-4H,5-6H2;3H2,1-2H3;2*1-2H3. The predicted molar refractivity (Wildman–Crippen MR) is 79.5 cm³/mol. The first kappa shape index (κ1) is 17.9. The summed E-state index contributed by atoms with van der Waals surface area (Å²) in [5.41, 5.74) is 1.53. The van der Waals surface area contributed by atoms with Crippen molar-refractivity contribution < 1.29 is 0 Å². The van der Waals surface area contributed by atoms with Crippen LogP contribution in [-0.4, -0.2) is 5.75 Å². The Hall–Kier alpha value is -0.430. The van der Waals surface area contributed by atoms with Crippen LogP contribution in [-0.2, 0) is 6.42 Å². The summed E-state index contributed by atoms with van der Waals surface area (Å²) in [6.07, 6.45) is 2.51. The molecule has 16 heavy (non-hydrogen) atoms. The second-order valence-electron chi connectivity index (χ2n) is 2.91. The van der Waals surface area contributed by atoms with Gasteiger partial charge in [-0.3, -0.25) is 0 Å². The molecule has 1 heteroatoms. The molecule has 1 aromatic rings. The maximum atomic E-state index is 2.22. The van der Waals surface area contributed by atoms with Gasteiger partial charge >= 0.3 is 0 Å². The van der Waals surface area contributed by atoms with Gasteiger partial charge in [0, 0.05) is 10.6 Å². The van der Waals surface area contributed by atoms with E-state index >= 15 is 0 Å². The van der Waals surface area contributed by atoms with Gasteiger partial charge in [-0.05, 0) is 18.1 Å². The normalized spacial score (nSPS) is 10.6. The Balaban J connectivity index is 0. The third-order valence-corrected chi connectivity index (χ3v) is 2.72. The SMILES string of the molecule is CC.CC.CCC.c1ccc2c(c1)CCS2. The van der Waals surface area contributed by atoms with Gasteiger partial charge in [0.05, 0.1) is 0 Å². The van der Waals surface area contributed by atoms with E-state index in [1.165, 1.54) is 29.1 Å². The minimum absolute atomic E-state index is 1.25. The highest BCUT2D eigenvalue weighted by Gasteiger charge is 2.07. The average Bonchev–Trinajstić information content (AvgIpc) is 2.83. The van der Waals surface area contributed by atoms with Crippen molar-refractivity contribution in [1.29, 1.82) is 0 Å². The van der Waals surface area contributed by atoms with E-state index in [0.29, 0.717) is 0 Å². The molecule has 0 spiro atoms. The molecule has 0 N–H and O–H groups in total. The maximum Gasteiger partial charge on any atom is 0.0104 e. The van der Waals surface area contributed by atoms with Crippen LogP contribution in [0.4, 0.5) is 0 Å². The van der Waals surface area contributed by atoms with Gasteiger partial charge in [0.15, 0.2) is 0 Å². The van der Waals surface area contributed by atoms with E-state index in [4.69, 9.17) is 0 Å². The second kappa shape index (κ2) is 14.6. The van der Waals surface area contributed by atoms with Crippen molar-refractivity contribution in [3.8, 4) is 0 Å². The van der Waals surface area contributed by atoms with E-state index in [2.05, 4.69) is 38.1 Å². The molecule has 0 atom stereocenters. The first-order valence-electron chi connectivity index (χ1n) is 6.59. The second-order valence-corrected chi connectivity index (χ2v) is 4.05. The highest BCUT2D eigenvalue weighted by molar-refractivity contribution is 7.99. The monoisotopic (exact) mass is 240 g/mol. The molecule has 0 fully saturated rings. The Labute approximate surface area is 107 Å². The Bertz CT molecular complexity index is 208. The van der Waals surface area contributed by atoms with E-state index < -0.39 is 0 Å². The Morgan fingerprint density at radius 3 is 2.00 bits per heavy atom. The van der Waals surface area contributed by atoms with Crippen LogP contribution in [0.15, 0.2) is 29.2 Å². The van der Waals surface area contributed by atoms with E-state index in [1.54, 1.807) is 0 Å². The van der Waals surface area contributed by atoms with Crippen LogP contribution in [0.3, 0.4) is 0 Å². The molecular formula is C15H28S. The number of hydrogen-bond acceptors (Lipinski definition) is 1. The molecule has 0 radical (unpaired) electrons. The van der Waals surface area contributed by atoms with Crippen LogP contribution in [0.2, 0.25) is 0 Å². The van der Waals surface area contributed by atoms with E-state index in [1.807, 2.05) is 39.5 Å². The van der Waals surface area contributed by atoms with Crippen LogP contribution in [0.25, 0.3) is 0 Å². The minimum atomic E-state index is 1.25. The number of fused-ring (bicyclic) bond motifs is 1. The smallest absolute Gasteiger partial charge is 0.0104 e. The largest absolute Gasteiger partial charge is 0.126 e. The van der Waals surface area contributed by atoms with Crippen LogP contribution in [0.1, 0.15) is 53.5 Å². The lowest BCUT2D eigenvalue weighted by Crippen LogP contribution is -1.76. The van der Waals surface area contributed by atoms with E-state index in [9.17, 15) is 0 Å². The fraction of sp³-hybridized carbons (Fsp3) is 0.600. The molecule has 1 heterocycles. The van der Waals surface area contributed by atoms with Crippen molar-refractivity contribution >= 4 is 11.8 Å². The number of rotatable bonds is 0. The molecule has 0 saturated carbocycles. The zero-order valence-electron chi connectivity index (χ0n) is 11.8. The fourth-order valence-corrected chi connectivity index (χ4v) is 2.19. The maximum absolute atomic E-state index is 2.22. The summed E-state index contributed by atoms with van der Waals surface area (Å²) in [6, 6.07) is 8.64. The van der Waals surface area contributed by atoms with E-state index in [0.717, 1.165) is 0 Å². The predicted octanol–water partition coefficient (Wildman–Crippen LogP) is 5.80. The Morgan fingerprint density at radius 1 is 1.00 bits per heavy atom. The summed E-state index contributed by atoms with van der Waals surface area (Å²) in [4.78, 5) is 1.48. The molecule has 1 aliphatic rings. The molecule has 0 aliphatic carbocycles. The summed E-state index contributed by atoms with van der Waals surface area (Å²) in [5, 5.41) is 0. The molecule has 0 saturated heterocycles. The number of hydrogen-bond donors (Lipinski definition) is 0. The van der Waals surface area contributed by atoms with Gasteiger partial charge in [-0.1, -0.05) is 66.2 Å². The molecule has 1 aromatic carbocycles. The summed E-state index contributed by atoms with van der Waals surface area (Å²) >= 11 is 1.97. The molecule has 1 aliphatic heterocycles. The number of aryl methyl sites for hydroxylation is 1. The summed E-state index contributed by atoms with van der Waals surface area (Å²) in [7, 11) is 0. The van der Waals surface area contributed by atoms with Crippen LogP contribution >= 0.6 is 11.8 Å². The molecule has 0 aromatic heterocycles. The van der Waals surface area contributed by atoms with Gasteiger partial charge in [-0.25, -0.2) is 0 Å². The van der Waals surface area contributed by atoms with Crippen molar-refractivity contribution in [3.63, 3.8) is 0 Å². The quantitative estimate of drug-likeness (QED) is 0.552. The van der Waals surface area contributed by atoms with Gasteiger partial charge < -0.3 is 0 Å². The zero-order valence-corrected chi connectivity index (χ0v) is 12.7. The first-order valence-corrected chi connectivity index (χ1v) is 7.57. The Morgan fingerprint density at radius 2 is 1.50 bits per heavy atom. The molecular weight excluding hydrogens is 212 g/mol. The van der Waals surface area contributed by atoms with Crippen molar-refractivity contribution in [2.45, 2.75) is 59.3 Å². The van der Waals surface area contributed by atoms with Crippen LogP contribution < -0.4 is 0 Å². The summed E-state index contributed by atoms with van der Waals surface area (Å²) < 4.78 is 0. The van der Waals surface area contributed by atoms with Gasteiger partial charge in [0.2, 0.25) is 0 Å². The van der Waals surface area contributed by atoms with Crippen molar-refractivity contribution in [2.75, 3.05) is 5.75 Å². The fourth-order valence-electron chi connectivity index (χ4n) is 1.12. The molecule has 0 nitrogen and oxygen atoms in total. The number of benzene rings is 1. The zero-order chi connectivity index (χ0) is 12.8. The number of thioether (sulfide) groups is 1. The van der Waals surface area contributed by atoms with Gasteiger partial charge in [-0.2, -0.15) is 0 Å². The highest BCUT2D eigenvalue weighted by Crippen LogP contribution is 2.30. The molecule has 0 unspecified atom stereocenters. The molecule has 0 bridgehead atoms. The third kappa shape index (κ3) is 7.81. The van der Waals surface area contributed by atoms with Gasteiger partial charge in [0.25, 0.3) is 0 Å². The average molecular weight is 240 g/mol. The van der Waals surface area contributed by atoms with E-state index in [-0.39, 0.29) is 0 Å². The van der Waals surface area contributed by atoms with Gasteiger partial charge in [-0.15, -0.1) is 11.8 Å². The first-order chi connectivity index (χ1) is 7.88. The van der Waals surface area contributed by atoms with Crippen molar-refractivity contribution in [1.82, 2.24) is 0 Å². The highest BCUT2D eigenvalue weighted by atomic mass is 32.2. The lowest BCUT2D eigenvalue weighted by molar-refractivity contribution is 1.09. The molecule has 0 amide bonds. The summed E-state index contributed by atoms with van der Waals surface area (Å²) in [5.74, 6) is 1.28. The van der Waals surface area contributed by atoms with Crippen molar-refractivity contribution in [3.05, 3.63) is 29.8 Å². The van der Waals surface area contributed by atoms with Crippen LogP contribution in [0, 0.1) is 0 Å². The molecule has 94 valence electrons.